The Kier molecular flexibility index (Phi) is 6.54. The van der Waals surface area contributed by atoms with Crippen molar-refractivity contribution in [1.29, 1.82) is 0 Å². The minimum Gasteiger partial charge on any atom is -0.447 e. The van der Waals surface area contributed by atoms with Crippen molar-refractivity contribution < 1.29 is 12.8 Å². The number of unbranched alkanes of at least 4 members (excludes halogenated alkanes) is 1. The predicted molar refractivity (Wildman–Crippen MR) is 75.1 cm³/mol. The maximum atomic E-state index is 12.0. The smallest absolute Gasteiger partial charge is 0.273 e. The lowest BCUT2D eigenvalue weighted by Crippen LogP contribution is -2.29. The Morgan fingerprint density at radius 2 is 2.11 bits per heavy atom. The molecule has 0 aliphatic carbocycles. The molecule has 1 aromatic rings. The van der Waals surface area contributed by atoms with Crippen LogP contribution in [0, 0.1) is 5.92 Å². The van der Waals surface area contributed by atoms with Gasteiger partial charge in [0, 0.05) is 6.54 Å². The first-order chi connectivity index (χ1) is 9.03. The minimum atomic E-state index is -3.55. The van der Waals surface area contributed by atoms with Gasteiger partial charge in [-0.2, -0.15) is 0 Å². The van der Waals surface area contributed by atoms with Crippen LogP contribution in [0.3, 0.4) is 0 Å². The molecule has 0 fully saturated rings. The van der Waals surface area contributed by atoms with Crippen molar-refractivity contribution >= 4 is 10.0 Å². The normalized spacial score (nSPS) is 13.6. The molecule has 0 aromatic carbocycles. The van der Waals surface area contributed by atoms with Crippen molar-refractivity contribution in [2.24, 2.45) is 11.7 Å². The second-order valence-corrected chi connectivity index (χ2v) is 6.39. The largest absolute Gasteiger partial charge is 0.447 e. The fraction of sp³-hybridized carbons (Fsp3) is 0.692. The van der Waals surface area contributed by atoms with E-state index in [-0.39, 0.29) is 11.6 Å². The average Bonchev–Trinajstić information content (AvgIpc) is 2.88. The van der Waals surface area contributed by atoms with E-state index in [0.29, 0.717) is 18.2 Å². The van der Waals surface area contributed by atoms with Gasteiger partial charge in [-0.25, -0.2) is 13.1 Å². The molecule has 0 amide bonds. The van der Waals surface area contributed by atoms with Gasteiger partial charge in [0.1, 0.15) is 5.76 Å². The number of nitrogens with two attached hydrogens (primary N) is 1. The lowest BCUT2D eigenvalue weighted by Gasteiger charge is -2.14. The highest BCUT2D eigenvalue weighted by Crippen LogP contribution is 2.15. The molecule has 0 spiro atoms. The van der Waals surface area contributed by atoms with Crippen LogP contribution >= 0.6 is 0 Å². The first-order valence-electron chi connectivity index (χ1n) is 6.81. The molecule has 0 aliphatic heterocycles. The summed E-state index contributed by atoms with van der Waals surface area (Å²) in [4.78, 5) is 0. The number of sulfonamides is 1. The molecule has 1 atom stereocenters. The fourth-order valence-electron chi connectivity index (χ4n) is 1.85. The molecule has 0 saturated heterocycles. The summed E-state index contributed by atoms with van der Waals surface area (Å²) in [5.74, 6) is 0.845. The summed E-state index contributed by atoms with van der Waals surface area (Å²) in [5, 5.41) is -0.0571. The Morgan fingerprint density at radius 1 is 1.37 bits per heavy atom. The van der Waals surface area contributed by atoms with Crippen molar-refractivity contribution in [3.05, 3.63) is 17.9 Å². The molecule has 1 heterocycles. The molecular weight excluding hydrogens is 264 g/mol. The monoisotopic (exact) mass is 288 g/mol. The summed E-state index contributed by atoms with van der Waals surface area (Å²) >= 11 is 0. The van der Waals surface area contributed by atoms with Crippen LogP contribution < -0.4 is 10.5 Å². The molecule has 3 N–H and O–H groups in total. The van der Waals surface area contributed by atoms with Gasteiger partial charge < -0.3 is 10.2 Å². The van der Waals surface area contributed by atoms with Gasteiger partial charge in [0.05, 0.1) is 6.54 Å². The van der Waals surface area contributed by atoms with E-state index in [9.17, 15) is 8.42 Å². The summed E-state index contributed by atoms with van der Waals surface area (Å²) in [6.45, 7) is 4.86. The Morgan fingerprint density at radius 3 is 2.63 bits per heavy atom. The van der Waals surface area contributed by atoms with E-state index in [1.807, 2.05) is 0 Å². The third kappa shape index (κ3) is 4.97. The quantitative estimate of drug-likeness (QED) is 0.729. The molecule has 0 saturated carbocycles. The second kappa shape index (κ2) is 7.67. The van der Waals surface area contributed by atoms with Crippen LogP contribution in [0.2, 0.25) is 0 Å². The number of rotatable bonds is 9. The topological polar surface area (TPSA) is 85.3 Å². The molecule has 1 unspecified atom stereocenters. The highest BCUT2D eigenvalue weighted by molar-refractivity contribution is 7.89. The van der Waals surface area contributed by atoms with E-state index in [4.69, 9.17) is 10.2 Å². The molecule has 0 bridgehead atoms. The van der Waals surface area contributed by atoms with E-state index < -0.39 is 10.0 Å². The summed E-state index contributed by atoms with van der Waals surface area (Å²) in [6, 6.07) is 3.03. The second-order valence-electron chi connectivity index (χ2n) is 4.69. The molecular formula is C13H24N2O3S. The van der Waals surface area contributed by atoms with E-state index in [0.717, 1.165) is 25.7 Å². The Bertz CT molecular complexity index is 468. The van der Waals surface area contributed by atoms with Crippen molar-refractivity contribution in [1.82, 2.24) is 4.72 Å². The molecule has 5 nitrogen and oxygen atoms in total. The molecule has 19 heavy (non-hydrogen) atoms. The Balaban J connectivity index is 2.59. The van der Waals surface area contributed by atoms with Crippen LogP contribution in [0.5, 0.6) is 0 Å². The summed E-state index contributed by atoms with van der Waals surface area (Å²) in [7, 11) is -3.55. The first kappa shape index (κ1) is 16.2. The van der Waals surface area contributed by atoms with E-state index in [1.54, 1.807) is 6.07 Å². The molecule has 110 valence electrons. The standard InChI is InChI=1S/C13H24N2O3S/c1-3-5-6-11(4-2)10-15-19(16,17)13-8-7-12(9-14)18-13/h7-8,11,15H,3-6,9-10,14H2,1-2H3. The maximum absolute atomic E-state index is 12.0. The number of hydrogen-bond donors (Lipinski definition) is 2. The van der Waals surface area contributed by atoms with Gasteiger partial charge in [0.2, 0.25) is 5.09 Å². The molecule has 0 radical (unpaired) electrons. The Labute approximate surface area is 115 Å². The van der Waals surface area contributed by atoms with Crippen molar-refractivity contribution in [3.63, 3.8) is 0 Å². The zero-order valence-corrected chi connectivity index (χ0v) is 12.5. The molecule has 0 aliphatic rings. The van der Waals surface area contributed by atoms with Crippen LogP contribution in [-0.2, 0) is 16.6 Å². The van der Waals surface area contributed by atoms with E-state index >= 15 is 0 Å². The van der Waals surface area contributed by atoms with Crippen LogP contribution in [0.15, 0.2) is 21.6 Å². The van der Waals surface area contributed by atoms with Gasteiger partial charge in [-0.15, -0.1) is 0 Å². The summed E-state index contributed by atoms with van der Waals surface area (Å²) in [6.07, 6.45) is 4.26. The lowest BCUT2D eigenvalue weighted by molar-refractivity contribution is 0.405. The third-order valence-electron chi connectivity index (χ3n) is 3.21. The maximum Gasteiger partial charge on any atom is 0.273 e. The minimum absolute atomic E-state index is 0.0571. The summed E-state index contributed by atoms with van der Waals surface area (Å²) < 4.78 is 31.8. The highest BCUT2D eigenvalue weighted by Gasteiger charge is 2.19. The molecule has 1 rings (SSSR count). The number of nitrogens with one attached hydrogen (secondary N) is 1. The van der Waals surface area contributed by atoms with Gasteiger partial charge in [-0.1, -0.05) is 33.1 Å². The highest BCUT2D eigenvalue weighted by atomic mass is 32.2. The van der Waals surface area contributed by atoms with Crippen molar-refractivity contribution in [2.75, 3.05) is 6.54 Å². The average molecular weight is 288 g/mol. The molecule has 6 heteroatoms. The zero-order chi connectivity index (χ0) is 14.3. The lowest BCUT2D eigenvalue weighted by atomic mass is 10.00. The van der Waals surface area contributed by atoms with Crippen molar-refractivity contribution in [3.8, 4) is 0 Å². The fourth-order valence-corrected chi connectivity index (χ4v) is 2.92. The van der Waals surface area contributed by atoms with Gasteiger partial charge >= 0.3 is 0 Å². The third-order valence-corrected chi connectivity index (χ3v) is 4.50. The van der Waals surface area contributed by atoms with E-state index in [1.165, 1.54) is 6.07 Å². The first-order valence-corrected chi connectivity index (χ1v) is 8.30. The van der Waals surface area contributed by atoms with Gasteiger partial charge in [-0.3, -0.25) is 0 Å². The molecule has 1 aromatic heterocycles. The van der Waals surface area contributed by atoms with Gasteiger partial charge in [0.25, 0.3) is 10.0 Å². The number of furan rings is 1. The van der Waals surface area contributed by atoms with Crippen LogP contribution in [0.4, 0.5) is 0 Å². The SMILES string of the molecule is CCCCC(CC)CNS(=O)(=O)c1ccc(CN)o1. The van der Waals surface area contributed by atoms with Gasteiger partial charge in [-0.05, 0) is 24.5 Å². The van der Waals surface area contributed by atoms with Crippen LogP contribution in [0.25, 0.3) is 0 Å². The van der Waals surface area contributed by atoms with Crippen LogP contribution in [-0.4, -0.2) is 15.0 Å². The van der Waals surface area contributed by atoms with Gasteiger partial charge in [0.15, 0.2) is 0 Å². The van der Waals surface area contributed by atoms with E-state index in [2.05, 4.69) is 18.6 Å². The van der Waals surface area contributed by atoms with Crippen molar-refractivity contribution in [2.45, 2.75) is 51.2 Å². The predicted octanol–water partition coefficient (Wildman–Crippen LogP) is 2.23. The Hall–Kier alpha value is -0.850. The summed E-state index contributed by atoms with van der Waals surface area (Å²) in [5.41, 5.74) is 5.40. The van der Waals surface area contributed by atoms with Crippen LogP contribution in [0.1, 0.15) is 45.3 Å². The number of hydrogen-bond acceptors (Lipinski definition) is 4. The zero-order valence-electron chi connectivity index (χ0n) is 11.7.